The second-order valence-electron chi connectivity index (χ2n) is 3.29. The van der Waals surface area contributed by atoms with E-state index in [1.165, 1.54) is 17.6 Å². The van der Waals surface area contributed by atoms with Gasteiger partial charge >= 0.3 is 0 Å². The Kier molecular flexibility index (Phi) is 4.31. The fraction of sp³-hybridized carbons (Fsp3) is 0.556. The number of hydrogen-bond acceptors (Lipinski definition) is 4. The third kappa shape index (κ3) is 3.65. The van der Waals surface area contributed by atoms with E-state index in [0.29, 0.717) is 18.7 Å². The van der Waals surface area contributed by atoms with Crippen molar-refractivity contribution in [3.63, 3.8) is 0 Å². The molecular weight excluding hydrogens is 216 g/mol. The second kappa shape index (κ2) is 5.29. The normalized spacial score (nSPS) is 12.2. The summed E-state index contributed by atoms with van der Waals surface area (Å²) in [4.78, 5) is 0. The number of nitrogens with two attached hydrogens (primary N) is 1. The monoisotopic (exact) mass is 232 g/mol. The first-order valence-corrected chi connectivity index (χ1v) is 6.33. The van der Waals surface area contributed by atoms with E-state index in [9.17, 15) is 8.42 Å². The molecule has 1 aromatic rings. The molecule has 0 spiro atoms. The SMILES string of the molecule is CN(Cc1ccco1)S(=O)(=O)CCCN. The lowest BCUT2D eigenvalue weighted by atomic mass is 10.4. The average Bonchev–Trinajstić information content (AvgIpc) is 2.67. The number of furan rings is 1. The van der Waals surface area contributed by atoms with Crippen LogP contribution in [0.1, 0.15) is 12.2 Å². The Balaban J connectivity index is 2.56. The molecule has 0 saturated carbocycles. The van der Waals surface area contributed by atoms with E-state index >= 15 is 0 Å². The van der Waals surface area contributed by atoms with Crippen LogP contribution in [0.2, 0.25) is 0 Å². The summed E-state index contributed by atoms with van der Waals surface area (Å²) in [6, 6.07) is 3.48. The molecule has 0 saturated heterocycles. The minimum atomic E-state index is -3.21. The van der Waals surface area contributed by atoms with E-state index < -0.39 is 10.0 Å². The van der Waals surface area contributed by atoms with E-state index in [0.717, 1.165) is 0 Å². The van der Waals surface area contributed by atoms with Gasteiger partial charge in [0.2, 0.25) is 10.0 Å². The fourth-order valence-electron chi connectivity index (χ4n) is 1.14. The van der Waals surface area contributed by atoms with E-state index in [2.05, 4.69) is 0 Å². The quantitative estimate of drug-likeness (QED) is 0.769. The molecule has 5 nitrogen and oxygen atoms in total. The molecule has 0 unspecified atom stereocenters. The molecule has 1 aromatic heterocycles. The highest BCUT2D eigenvalue weighted by atomic mass is 32.2. The Morgan fingerprint density at radius 1 is 1.53 bits per heavy atom. The Labute approximate surface area is 89.9 Å². The summed E-state index contributed by atoms with van der Waals surface area (Å²) < 4.78 is 29.6. The van der Waals surface area contributed by atoms with Crippen LogP contribution in [0.5, 0.6) is 0 Å². The van der Waals surface area contributed by atoms with Gasteiger partial charge in [0.1, 0.15) is 5.76 Å². The summed E-state index contributed by atoms with van der Waals surface area (Å²) >= 11 is 0. The van der Waals surface area contributed by atoms with Gasteiger partial charge in [-0.3, -0.25) is 0 Å². The highest BCUT2D eigenvalue weighted by Gasteiger charge is 2.17. The fourth-order valence-corrected chi connectivity index (χ4v) is 2.31. The van der Waals surface area contributed by atoms with Crippen molar-refractivity contribution in [2.75, 3.05) is 19.3 Å². The van der Waals surface area contributed by atoms with Crippen molar-refractivity contribution in [2.24, 2.45) is 5.73 Å². The molecule has 0 aliphatic rings. The first-order valence-electron chi connectivity index (χ1n) is 4.72. The molecule has 1 rings (SSSR count). The average molecular weight is 232 g/mol. The first kappa shape index (κ1) is 12.2. The van der Waals surface area contributed by atoms with Gasteiger partial charge in [-0.15, -0.1) is 0 Å². The second-order valence-corrected chi connectivity index (χ2v) is 5.49. The van der Waals surface area contributed by atoms with Crippen LogP contribution in [0.4, 0.5) is 0 Å². The van der Waals surface area contributed by atoms with E-state index in [1.54, 1.807) is 12.1 Å². The van der Waals surface area contributed by atoms with Crippen LogP contribution in [-0.4, -0.2) is 32.1 Å². The molecule has 0 amide bonds. The maximum atomic E-state index is 11.6. The number of nitrogens with zero attached hydrogens (tertiary/aromatic N) is 1. The van der Waals surface area contributed by atoms with Crippen molar-refractivity contribution >= 4 is 10.0 Å². The first-order chi connectivity index (χ1) is 7.06. The lowest BCUT2D eigenvalue weighted by Crippen LogP contribution is -2.29. The molecule has 15 heavy (non-hydrogen) atoms. The molecule has 86 valence electrons. The van der Waals surface area contributed by atoms with Gasteiger partial charge in [-0.05, 0) is 25.1 Å². The number of sulfonamides is 1. The summed E-state index contributed by atoms with van der Waals surface area (Å²) in [7, 11) is -1.67. The highest BCUT2D eigenvalue weighted by molar-refractivity contribution is 7.89. The Bertz CT molecular complexity index is 372. The molecule has 0 aliphatic heterocycles. The molecule has 0 bridgehead atoms. The molecule has 0 radical (unpaired) electrons. The van der Waals surface area contributed by atoms with Crippen LogP contribution >= 0.6 is 0 Å². The smallest absolute Gasteiger partial charge is 0.214 e. The summed E-state index contributed by atoms with van der Waals surface area (Å²) in [6.07, 6.45) is 2.00. The third-order valence-corrected chi connectivity index (χ3v) is 3.92. The minimum absolute atomic E-state index is 0.0840. The van der Waals surface area contributed by atoms with Crippen LogP contribution in [-0.2, 0) is 16.6 Å². The molecule has 0 atom stereocenters. The summed E-state index contributed by atoms with van der Waals surface area (Å²) in [5, 5.41) is 0. The summed E-state index contributed by atoms with van der Waals surface area (Å²) in [6.45, 7) is 0.647. The number of rotatable bonds is 6. The molecule has 6 heteroatoms. The zero-order valence-electron chi connectivity index (χ0n) is 8.72. The van der Waals surface area contributed by atoms with Gasteiger partial charge in [0.15, 0.2) is 0 Å². The molecule has 2 N–H and O–H groups in total. The van der Waals surface area contributed by atoms with Crippen molar-refractivity contribution in [1.82, 2.24) is 4.31 Å². The lowest BCUT2D eigenvalue weighted by Gasteiger charge is -2.15. The van der Waals surface area contributed by atoms with Gasteiger partial charge < -0.3 is 10.2 Å². The summed E-state index contributed by atoms with van der Waals surface area (Å²) in [5.41, 5.74) is 5.27. The Morgan fingerprint density at radius 2 is 2.27 bits per heavy atom. The van der Waals surface area contributed by atoms with Crippen LogP contribution in [0.25, 0.3) is 0 Å². The van der Waals surface area contributed by atoms with E-state index in [4.69, 9.17) is 10.2 Å². The van der Waals surface area contributed by atoms with Gasteiger partial charge in [-0.2, -0.15) is 4.31 Å². The van der Waals surface area contributed by atoms with E-state index in [1.807, 2.05) is 0 Å². The zero-order valence-corrected chi connectivity index (χ0v) is 9.53. The molecular formula is C9H16N2O3S. The Morgan fingerprint density at radius 3 is 2.80 bits per heavy atom. The standard InChI is InChI=1S/C9H16N2O3S/c1-11(8-9-4-2-6-14-9)15(12,13)7-3-5-10/h2,4,6H,3,5,7-8,10H2,1H3. The lowest BCUT2D eigenvalue weighted by molar-refractivity contribution is 0.406. The van der Waals surface area contributed by atoms with E-state index in [-0.39, 0.29) is 12.3 Å². The maximum Gasteiger partial charge on any atom is 0.214 e. The topological polar surface area (TPSA) is 76.5 Å². The van der Waals surface area contributed by atoms with Gasteiger partial charge in [0.25, 0.3) is 0 Å². The molecule has 0 fully saturated rings. The van der Waals surface area contributed by atoms with Crippen LogP contribution in [0, 0.1) is 0 Å². The largest absolute Gasteiger partial charge is 0.468 e. The van der Waals surface area contributed by atoms with Crippen molar-refractivity contribution in [3.8, 4) is 0 Å². The minimum Gasteiger partial charge on any atom is -0.468 e. The van der Waals surface area contributed by atoms with Gasteiger partial charge in [-0.25, -0.2) is 8.42 Å². The van der Waals surface area contributed by atoms with Crippen molar-refractivity contribution in [1.29, 1.82) is 0 Å². The zero-order chi connectivity index (χ0) is 11.3. The van der Waals surface area contributed by atoms with Crippen molar-refractivity contribution in [3.05, 3.63) is 24.2 Å². The third-order valence-electron chi connectivity index (χ3n) is 2.04. The van der Waals surface area contributed by atoms with Gasteiger partial charge in [0.05, 0.1) is 18.6 Å². The Hall–Kier alpha value is -0.850. The molecule has 1 heterocycles. The highest BCUT2D eigenvalue weighted by Crippen LogP contribution is 2.08. The van der Waals surface area contributed by atoms with Gasteiger partial charge in [-0.1, -0.05) is 0 Å². The van der Waals surface area contributed by atoms with Gasteiger partial charge in [0, 0.05) is 7.05 Å². The van der Waals surface area contributed by atoms with Crippen LogP contribution in [0.3, 0.4) is 0 Å². The molecule has 0 aromatic carbocycles. The predicted molar refractivity (Wildman–Crippen MR) is 57.6 cm³/mol. The maximum absolute atomic E-state index is 11.6. The summed E-state index contributed by atoms with van der Waals surface area (Å²) in [5.74, 6) is 0.717. The van der Waals surface area contributed by atoms with Crippen molar-refractivity contribution in [2.45, 2.75) is 13.0 Å². The predicted octanol–water partition coefficient (Wildman–Crippen LogP) is 0.390. The van der Waals surface area contributed by atoms with Crippen molar-refractivity contribution < 1.29 is 12.8 Å². The number of hydrogen-bond donors (Lipinski definition) is 1. The van der Waals surface area contributed by atoms with Crippen LogP contribution < -0.4 is 5.73 Å². The van der Waals surface area contributed by atoms with Crippen LogP contribution in [0.15, 0.2) is 22.8 Å². The molecule has 0 aliphatic carbocycles.